The van der Waals surface area contributed by atoms with Gasteiger partial charge in [0, 0.05) is 45.0 Å². The van der Waals surface area contributed by atoms with Crippen molar-refractivity contribution in [2.45, 2.75) is 47.0 Å². The topological polar surface area (TPSA) is 46.4 Å². The average molecular weight is 736 g/mol. The Hall–Kier alpha value is -3.89. The van der Waals surface area contributed by atoms with Gasteiger partial charge in [0.25, 0.3) is 0 Å². The number of rotatable bonds is 5. The van der Waals surface area contributed by atoms with E-state index >= 15 is 0 Å². The van der Waals surface area contributed by atoms with Crippen molar-refractivity contribution in [3.05, 3.63) is 114 Å². The van der Waals surface area contributed by atoms with E-state index in [1.165, 1.54) is 27.8 Å². The zero-order valence-corrected chi connectivity index (χ0v) is 27.2. The summed E-state index contributed by atoms with van der Waals surface area (Å²) in [5.74, 6) is 1.95. The van der Waals surface area contributed by atoms with Gasteiger partial charge in [-0.1, -0.05) is 43.9 Å². The van der Waals surface area contributed by atoms with Crippen LogP contribution in [-0.4, -0.2) is 26.7 Å². The average Bonchev–Trinajstić information content (AvgIpc) is 3.54. The molecule has 1 aliphatic rings. The molecule has 0 saturated carbocycles. The van der Waals surface area contributed by atoms with Gasteiger partial charge in [-0.2, -0.15) is 17.8 Å². The summed E-state index contributed by atoms with van der Waals surface area (Å²) in [7, 11) is 2.01. The molecule has 0 aliphatic carbocycles. The molecule has 0 spiro atoms. The molecule has 6 nitrogen and oxygen atoms in total. The Labute approximate surface area is 262 Å². The summed E-state index contributed by atoms with van der Waals surface area (Å²) in [5, 5.41) is 5.59. The molecule has 218 valence electrons. The minimum Gasteiger partial charge on any atom is -0.510 e. The fourth-order valence-electron chi connectivity index (χ4n) is 5.38. The molecule has 0 radical (unpaired) electrons. The standard InChI is InChI=1S/C35H34N5O.Pt/c1-23-14-24(2)34(25(3)15-23)27-16-29(39-13-12-38(7)22-39)19-31(17-27)41-30-9-8-26-21-37-40(32(26)20-30)33-18-28(10-11-36-33)35(4,5)6;/h8-18,21-22H,1-7H3;/q-3;. The Balaban J connectivity index is 0.00000353. The number of fused-ring (bicyclic) bond motifs is 1. The summed E-state index contributed by atoms with van der Waals surface area (Å²) < 4.78 is 8.29. The van der Waals surface area contributed by atoms with E-state index in [0.717, 1.165) is 28.0 Å². The zero-order chi connectivity index (χ0) is 28.9. The van der Waals surface area contributed by atoms with E-state index in [0.29, 0.717) is 11.5 Å². The summed E-state index contributed by atoms with van der Waals surface area (Å²) >= 11 is 0. The van der Waals surface area contributed by atoms with E-state index in [1.807, 2.05) is 65.1 Å². The molecule has 2 aromatic heterocycles. The minimum absolute atomic E-state index is 0. The predicted octanol–water partition coefficient (Wildman–Crippen LogP) is 8.04. The maximum Gasteiger partial charge on any atom is 0.151 e. The second-order valence-electron chi connectivity index (χ2n) is 11.8. The van der Waals surface area contributed by atoms with Gasteiger partial charge < -0.3 is 14.5 Å². The van der Waals surface area contributed by atoms with E-state index < -0.39 is 0 Å². The molecule has 0 fully saturated rings. The van der Waals surface area contributed by atoms with Crippen LogP contribution in [0.5, 0.6) is 11.5 Å². The third kappa shape index (κ3) is 5.87. The van der Waals surface area contributed by atoms with Crippen LogP contribution in [0, 0.1) is 39.6 Å². The third-order valence-corrected chi connectivity index (χ3v) is 7.34. The molecule has 5 aromatic rings. The maximum absolute atomic E-state index is 6.47. The van der Waals surface area contributed by atoms with Crippen molar-refractivity contribution in [3.63, 3.8) is 0 Å². The van der Waals surface area contributed by atoms with E-state index in [2.05, 4.69) is 100 Å². The second kappa shape index (κ2) is 11.4. The number of aryl methyl sites for hydroxylation is 3. The molecule has 0 amide bonds. The van der Waals surface area contributed by atoms with Gasteiger partial charge in [0.05, 0.1) is 0 Å². The summed E-state index contributed by atoms with van der Waals surface area (Å²) in [6.07, 6.45) is 7.70. The van der Waals surface area contributed by atoms with Crippen LogP contribution >= 0.6 is 0 Å². The van der Waals surface area contributed by atoms with Crippen molar-refractivity contribution in [2.75, 3.05) is 11.9 Å². The molecule has 0 bridgehead atoms. The van der Waals surface area contributed by atoms with Crippen molar-refractivity contribution >= 4 is 16.6 Å². The summed E-state index contributed by atoms with van der Waals surface area (Å²) in [6.45, 7) is 15.0. The molecule has 7 heteroatoms. The molecule has 42 heavy (non-hydrogen) atoms. The molecule has 3 heterocycles. The number of pyridine rings is 1. The van der Waals surface area contributed by atoms with Gasteiger partial charge in [-0.3, -0.25) is 0 Å². The normalized spacial score (nSPS) is 13.1. The van der Waals surface area contributed by atoms with Crippen molar-refractivity contribution in [1.82, 2.24) is 19.7 Å². The monoisotopic (exact) mass is 735 g/mol. The number of ether oxygens (including phenoxy) is 1. The van der Waals surface area contributed by atoms with Crippen LogP contribution in [0.15, 0.2) is 73.3 Å². The minimum atomic E-state index is 0. The van der Waals surface area contributed by atoms with Crippen LogP contribution in [0.1, 0.15) is 43.0 Å². The molecule has 0 atom stereocenters. The number of hydrogen-bond donors (Lipinski definition) is 0. The molecule has 0 N–H and O–H groups in total. The summed E-state index contributed by atoms with van der Waals surface area (Å²) in [6, 6.07) is 23.6. The number of anilines is 1. The SMILES string of the molecule is Cc1cc(C)c(-c2cc(Oc3[c-]c4c(cc3)cnn4-c3cc(C(C)(C)C)ccn3)[c-]c(N3C=CN(C)[CH-]3)c2)c(C)c1.[Pt]. The van der Waals surface area contributed by atoms with Crippen molar-refractivity contribution in [1.29, 1.82) is 0 Å². The number of nitrogens with zero attached hydrogens (tertiary/aromatic N) is 5. The van der Waals surface area contributed by atoms with Crippen molar-refractivity contribution in [3.8, 4) is 28.4 Å². The first-order chi connectivity index (χ1) is 19.5. The predicted molar refractivity (Wildman–Crippen MR) is 165 cm³/mol. The van der Waals surface area contributed by atoms with Gasteiger partial charge in [0.1, 0.15) is 0 Å². The Kier molecular flexibility index (Phi) is 8.04. The summed E-state index contributed by atoms with van der Waals surface area (Å²) in [4.78, 5) is 8.66. The number of benzene rings is 3. The Morgan fingerprint density at radius 3 is 2.33 bits per heavy atom. The Bertz CT molecular complexity index is 1780. The third-order valence-electron chi connectivity index (χ3n) is 7.34. The second-order valence-corrected chi connectivity index (χ2v) is 11.8. The Morgan fingerprint density at radius 1 is 0.881 bits per heavy atom. The smallest absolute Gasteiger partial charge is 0.151 e. The van der Waals surface area contributed by atoms with E-state index in [1.54, 1.807) is 0 Å². The molecular weight excluding hydrogens is 701 g/mol. The molecule has 1 aliphatic heterocycles. The molecule has 0 unspecified atom stereocenters. The maximum atomic E-state index is 6.47. The molecule has 6 rings (SSSR count). The van der Waals surface area contributed by atoms with Crippen LogP contribution in [-0.2, 0) is 26.5 Å². The fourth-order valence-corrected chi connectivity index (χ4v) is 5.38. The number of hydrogen-bond acceptors (Lipinski definition) is 5. The fraction of sp³-hybridized carbons (Fsp3) is 0.229. The zero-order valence-electron chi connectivity index (χ0n) is 25.0. The van der Waals surface area contributed by atoms with Crippen LogP contribution in [0.25, 0.3) is 27.8 Å². The molecule has 0 saturated heterocycles. The van der Waals surface area contributed by atoms with Crippen LogP contribution in [0.3, 0.4) is 0 Å². The van der Waals surface area contributed by atoms with E-state index in [-0.39, 0.29) is 26.5 Å². The molecular formula is C35H34N5OPt-3. The van der Waals surface area contributed by atoms with Gasteiger partial charge >= 0.3 is 0 Å². The first-order valence-corrected chi connectivity index (χ1v) is 13.8. The Morgan fingerprint density at radius 2 is 1.64 bits per heavy atom. The first kappa shape index (κ1) is 29.6. The van der Waals surface area contributed by atoms with Gasteiger partial charge in [-0.05, 0) is 85.5 Å². The van der Waals surface area contributed by atoms with Crippen LogP contribution in [0.4, 0.5) is 5.69 Å². The summed E-state index contributed by atoms with van der Waals surface area (Å²) in [5.41, 5.74) is 8.88. The van der Waals surface area contributed by atoms with Gasteiger partial charge in [0.2, 0.25) is 0 Å². The van der Waals surface area contributed by atoms with Crippen molar-refractivity contribution < 1.29 is 25.8 Å². The largest absolute Gasteiger partial charge is 0.510 e. The van der Waals surface area contributed by atoms with Crippen molar-refractivity contribution in [2.24, 2.45) is 0 Å². The van der Waals surface area contributed by atoms with Crippen LogP contribution < -0.4 is 9.64 Å². The van der Waals surface area contributed by atoms with Gasteiger partial charge in [0.15, 0.2) is 5.82 Å². The number of aromatic nitrogens is 3. The van der Waals surface area contributed by atoms with Crippen LogP contribution in [0.2, 0.25) is 0 Å². The van der Waals surface area contributed by atoms with Gasteiger partial charge in [-0.25, -0.2) is 9.67 Å². The van der Waals surface area contributed by atoms with E-state index in [9.17, 15) is 0 Å². The quantitative estimate of drug-likeness (QED) is 0.171. The van der Waals surface area contributed by atoms with E-state index in [4.69, 9.17) is 4.74 Å². The molecule has 3 aromatic carbocycles. The first-order valence-electron chi connectivity index (χ1n) is 13.8. The van der Waals surface area contributed by atoms with Gasteiger partial charge in [-0.15, -0.1) is 41.6 Å².